The second kappa shape index (κ2) is 9.87. The van der Waals surface area contributed by atoms with Crippen LogP contribution in [0.1, 0.15) is 18.1 Å². The third kappa shape index (κ3) is 4.05. The lowest BCUT2D eigenvalue weighted by atomic mass is 9.34. The fourth-order valence-electron chi connectivity index (χ4n) is 6.17. The number of ether oxygens (including phenoxy) is 2. The molecule has 0 bridgehead atoms. The lowest BCUT2D eigenvalue weighted by Crippen LogP contribution is -2.57. The Kier molecular flexibility index (Phi) is 6.01. The molecule has 7 rings (SSSR count). The van der Waals surface area contributed by atoms with Crippen molar-refractivity contribution in [3.63, 3.8) is 0 Å². The van der Waals surface area contributed by atoms with Crippen LogP contribution in [0.25, 0.3) is 27.8 Å². The van der Waals surface area contributed by atoms with Gasteiger partial charge < -0.3 is 9.47 Å². The van der Waals surface area contributed by atoms with Crippen LogP contribution in [-0.4, -0.2) is 6.71 Å². The van der Waals surface area contributed by atoms with Crippen LogP contribution >= 0.6 is 0 Å². The minimum atomic E-state index is -0.0363. The molecule has 0 unspecified atom stereocenters. The summed E-state index contributed by atoms with van der Waals surface area (Å²) in [5, 5.41) is 0. The number of hydrogen-bond donors (Lipinski definition) is 0. The molecule has 0 N–H and O–H groups in total. The van der Waals surface area contributed by atoms with Gasteiger partial charge in [-0.1, -0.05) is 104 Å². The fraction of sp³-hybridized carbons (Fsp3) is 0.0526. The fourth-order valence-corrected chi connectivity index (χ4v) is 6.17. The molecule has 196 valence electrons. The highest BCUT2D eigenvalue weighted by molar-refractivity contribution is 6.98. The highest BCUT2D eigenvalue weighted by Crippen LogP contribution is 2.42. The Morgan fingerprint density at radius 1 is 0.659 bits per heavy atom. The largest absolute Gasteiger partial charge is 0.458 e. The maximum atomic E-state index is 6.78. The van der Waals surface area contributed by atoms with Crippen LogP contribution in [0, 0.1) is 6.92 Å². The van der Waals surface area contributed by atoms with Crippen molar-refractivity contribution in [3.05, 3.63) is 145 Å². The van der Waals surface area contributed by atoms with Gasteiger partial charge in [0.1, 0.15) is 23.0 Å². The maximum absolute atomic E-state index is 6.78. The average Bonchev–Trinajstić information content (AvgIpc) is 3.01. The first-order valence-corrected chi connectivity index (χ1v) is 14.0. The van der Waals surface area contributed by atoms with E-state index in [0.29, 0.717) is 0 Å². The maximum Gasteiger partial charge on any atom is 0.260 e. The van der Waals surface area contributed by atoms with E-state index in [2.05, 4.69) is 124 Å². The van der Waals surface area contributed by atoms with E-state index in [1.54, 1.807) is 0 Å². The van der Waals surface area contributed by atoms with Crippen LogP contribution in [0.3, 0.4) is 0 Å². The lowest BCUT2D eigenvalue weighted by molar-refractivity contribution is 0.465. The van der Waals surface area contributed by atoms with Gasteiger partial charge in [0.25, 0.3) is 6.71 Å². The van der Waals surface area contributed by atoms with Crippen LogP contribution in [0.4, 0.5) is 0 Å². The van der Waals surface area contributed by atoms with E-state index in [0.717, 1.165) is 72.8 Å². The van der Waals surface area contributed by atoms with Gasteiger partial charge in [-0.05, 0) is 88.0 Å². The molecule has 2 nitrogen and oxygen atoms in total. The highest BCUT2D eigenvalue weighted by Gasteiger charge is 2.41. The molecule has 0 amide bonds. The lowest BCUT2D eigenvalue weighted by Gasteiger charge is -2.34. The quantitative estimate of drug-likeness (QED) is 0.166. The third-order valence-electron chi connectivity index (χ3n) is 8.31. The van der Waals surface area contributed by atoms with Gasteiger partial charge in [0, 0.05) is 11.0 Å². The van der Waals surface area contributed by atoms with E-state index in [9.17, 15) is 0 Å². The summed E-state index contributed by atoms with van der Waals surface area (Å²) in [6.45, 7) is 12.2. The molecular weight excluding hydrogens is 499 g/mol. The van der Waals surface area contributed by atoms with E-state index in [1.807, 2.05) is 18.2 Å². The Labute approximate surface area is 242 Å². The van der Waals surface area contributed by atoms with Crippen molar-refractivity contribution in [2.45, 2.75) is 13.8 Å². The zero-order valence-corrected chi connectivity index (χ0v) is 23.3. The summed E-state index contributed by atoms with van der Waals surface area (Å²) in [6.07, 6.45) is 3.75. The van der Waals surface area contributed by atoms with Crippen LogP contribution in [0.5, 0.6) is 23.0 Å². The first kappa shape index (κ1) is 25.0. The van der Waals surface area contributed by atoms with Crippen LogP contribution in [0.15, 0.2) is 134 Å². The van der Waals surface area contributed by atoms with Crippen molar-refractivity contribution in [3.8, 4) is 45.3 Å². The Morgan fingerprint density at radius 3 is 2.22 bits per heavy atom. The summed E-state index contributed by atoms with van der Waals surface area (Å²) in [4.78, 5) is 0. The number of aryl methyl sites for hydroxylation is 1. The summed E-state index contributed by atoms with van der Waals surface area (Å²) in [5.41, 5.74) is 12.3. The standard InChI is InChI=1S/C38H29BO2/c1-5-24(3)29(6-2)28-16-19-32-36(23-28)40-35-21-18-31(30-15-11-10-12-25(30)4)38-37(35)39(32)33-22-27(17-20-34(33)41-38)26-13-8-7-9-14-26/h5-23H,1-2H2,3-4H3/b29-24+. The Hall–Kier alpha value is -5.02. The predicted molar refractivity (Wildman–Crippen MR) is 173 cm³/mol. The van der Waals surface area contributed by atoms with Gasteiger partial charge in [0.05, 0.1) is 0 Å². The number of benzene rings is 5. The van der Waals surface area contributed by atoms with Gasteiger partial charge in [-0.25, -0.2) is 0 Å². The van der Waals surface area contributed by atoms with Crippen LogP contribution in [0.2, 0.25) is 0 Å². The molecule has 2 aliphatic heterocycles. The topological polar surface area (TPSA) is 18.5 Å². The van der Waals surface area contributed by atoms with Crippen LogP contribution in [-0.2, 0) is 0 Å². The van der Waals surface area contributed by atoms with E-state index < -0.39 is 0 Å². The third-order valence-corrected chi connectivity index (χ3v) is 8.31. The normalized spacial score (nSPS) is 13.1. The van der Waals surface area contributed by atoms with Crippen molar-refractivity contribution >= 4 is 28.7 Å². The highest BCUT2D eigenvalue weighted by atomic mass is 16.5. The molecule has 0 aromatic heterocycles. The molecule has 2 heterocycles. The molecule has 0 radical (unpaired) electrons. The van der Waals surface area contributed by atoms with Gasteiger partial charge in [-0.15, -0.1) is 0 Å². The smallest absolute Gasteiger partial charge is 0.260 e. The molecule has 0 aliphatic carbocycles. The van der Waals surface area contributed by atoms with E-state index in [1.165, 1.54) is 11.1 Å². The van der Waals surface area contributed by atoms with E-state index in [4.69, 9.17) is 9.47 Å². The van der Waals surface area contributed by atoms with E-state index >= 15 is 0 Å². The minimum absolute atomic E-state index is 0.0363. The molecule has 0 saturated carbocycles. The first-order valence-electron chi connectivity index (χ1n) is 14.0. The van der Waals surface area contributed by atoms with Crippen LogP contribution < -0.4 is 25.9 Å². The van der Waals surface area contributed by atoms with Gasteiger partial charge in [-0.2, -0.15) is 0 Å². The molecule has 3 heteroatoms. The van der Waals surface area contributed by atoms with Gasteiger partial charge in [0.2, 0.25) is 0 Å². The summed E-state index contributed by atoms with van der Waals surface area (Å²) < 4.78 is 13.4. The zero-order chi connectivity index (χ0) is 28.1. The van der Waals surface area contributed by atoms with Crippen molar-refractivity contribution in [1.82, 2.24) is 0 Å². The molecule has 0 saturated heterocycles. The van der Waals surface area contributed by atoms with E-state index in [-0.39, 0.29) is 6.71 Å². The molecule has 2 aliphatic rings. The predicted octanol–water partition coefficient (Wildman–Crippen LogP) is 8.20. The number of rotatable bonds is 5. The Morgan fingerprint density at radius 2 is 1.44 bits per heavy atom. The number of hydrogen-bond acceptors (Lipinski definition) is 2. The second-order valence-corrected chi connectivity index (χ2v) is 10.7. The molecule has 0 atom stereocenters. The molecular formula is C38H29BO2. The summed E-state index contributed by atoms with van der Waals surface area (Å²) >= 11 is 0. The van der Waals surface area contributed by atoms with Crippen molar-refractivity contribution in [2.75, 3.05) is 0 Å². The molecule has 41 heavy (non-hydrogen) atoms. The van der Waals surface area contributed by atoms with Crippen molar-refractivity contribution < 1.29 is 9.47 Å². The molecule has 5 aromatic carbocycles. The van der Waals surface area contributed by atoms with Crippen molar-refractivity contribution in [2.24, 2.45) is 0 Å². The molecule has 0 spiro atoms. The summed E-state index contributed by atoms with van der Waals surface area (Å²) in [7, 11) is 0. The number of fused-ring (bicyclic) bond motifs is 4. The van der Waals surface area contributed by atoms with Gasteiger partial charge in [-0.3, -0.25) is 0 Å². The van der Waals surface area contributed by atoms with Gasteiger partial charge in [0.15, 0.2) is 0 Å². The Balaban J connectivity index is 1.48. The minimum Gasteiger partial charge on any atom is -0.458 e. The molecule has 0 fully saturated rings. The SMILES string of the molecule is C=C/C(C)=C(\C=C)c1ccc2c(c1)Oc1ccc(-c3ccccc3C)c3c1B2c1cc(-c2ccccc2)ccc1O3. The number of allylic oxidation sites excluding steroid dienone is 4. The first-order chi connectivity index (χ1) is 20.1. The van der Waals surface area contributed by atoms with Gasteiger partial charge >= 0.3 is 0 Å². The average molecular weight is 528 g/mol. The van der Waals surface area contributed by atoms with Crippen molar-refractivity contribution in [1.29, 1.82) is 0 Å². The Bertz CT molecular complexity index is 1900. The zero-order valence-electron chi connectivity index (χ0n) is 23.3. The summed E-state index contributed by atoms with van der Waals surface area (Å²) in [6, 6.07) is 36.2. The second-order valence-electron chi connectivity index (χ2n) is 10.7. The monoisotopic (exact) mass is 528 g/mol. The summed E-state index contributed by atoms with van der Waals surface area (Å²) in [5.74, 6) is 3.42. The molecule has 5 aromatic rings.